The average Bonchev–Trinajstić information content (AvgIpc) is 2.38. The van der Waals surface area contributed by atoms with Crippen LogP contribution in [0, 0.1) is 11.8 Å². The summed E-state index contributed by atoms with van der Waals surface area (Å²) in [6.07, 6.45) is 0.219. The lowest BCUT2D eigenvalue weighted by Crippen LogP contribution is -2.40. The van der Waals surface area contributed by atoms with E-state index in [1.54, 1.807) is 0 Å². The van der Waals surface area contributed by atoms with Gasteiger partial charge in [-0.1, -0.05) is 28.1 Å². The molecule has 0 saturated heterocycles. The van der Waals surface area contributed by atoms with Gasteiger partial charge in [0.05, 0.1) is 12.0 Å². The predicted octanol–water partition coefficient (Wildman–Crippen LogP) is 2.00. The van der Waals surface area contributed by atoms with Crippen LogP contribution < -0.4 is 0 Å². The summed E-state index contributed by atoms with van der Waals surface area (Å²) in [4.78, 5) is 11.5. The van der Waals surface area contributed by atoms with Crippen molar-refractivity contribution in [3.63, 3.8) is 0 Å². The lowest BCUT2D eigenvalue weighted by Gasteiger charge is -2.37. The van der Waals surface area contributed by atoms with Gasteiger partial charge in [0.1, 0.15) is 0 Å². The maximum atomic E-state index is 11.5. The van der Waals surface area contributed by atoms with Crippen molar-refractivity contribution < 1.29 is 20.1 Å². The molecule has 0 bridgehead atoms. The van der Waals surface area contributed by atoms with Crippen LogP contribution in [-0.4, -0.2) is 34.0 Å². The van der Waals surface area contributed by atoms with Crippen LogP contribution in [0.3, 0.4) is 0 Å². The van der Waals surface area contributed by atoms with Gasteiger partial charge in [0.2, 0.25) is 0 Å². The highest BCUT2D eigenvalue weighted by Gasteiger charge is 2.41. The first-order chi connectivity index (χ1) is 9.02. The smallest absolute Gasteiger partial charge is 0.307 e. The number of benzene rings is 1. The summed E-state index contributed by atoms with van der Waals surface area (Å²) in [5, 5.41) is 28.6. The van der Waals surface area contributed by atoms with E-state index in [4.69, 9.17) is 0 Å². The molecule has 0 heterocycles. The van der Waals surface area contributed by atoms with Crippen molar-refractivity contribution in [3.8, 4) is 0 Å². The van der Waals surface area contributed by atoms with Crippen LogP contribution in [0.25, 0.3) is 0 Å². The number of aliphatic hydroxyl groups is 2. The van der Waals surface area contributed by atoms with Gasteiger partial charge in [-0.2, -0.15) is 0 Å². The van der Waals surface area contributed by atoms with Gasteiger partial charge in [-0.15, -0.1) is 0 Å². The molecule has 5 heteroatoms. The number of rotatable bonds is 3. The first kappa shape index (κ1) is 14.5. The fourth-order valence-corrected chi connectivity index (χ4v) is 3.24. The van der Waals surface area contributed by atoms with E-state index >= 15 is 0 Å². The molecule has 4 atom stereocenters. The van der Waals surface area contributed by atoms with E-state index in [0.29, 0.717) is 12.8 Å². The van der Waals surface area contributed by atoms with E-state index in [1.807, 2.05) is 24.3 Å². The highest BCUT2D eigenvalue weighted by Crippen LogP contribution is 2.41. The van der Waals surface area contributed by atoms with Crippen LogP contribution in [-0.2, 0) is 4.79 Å². The molecular weight excluding hydrogens is 312 g/mol. The summed E-state index contributed by atoms with van der Waals surface area (Å²) in [5.74, 6) is -2.20. The molecule has 1 aromatic carbocycles. The summed E-state index contributed by atoms with van der Waals surface area (Å²) in [5.41, 5.74) is 0.896. The maximum Gasteiger partial charge on any atom is 0.307 e. The third-order valence-corrected chi connectivity index (χ3v) is 4.39. The summed E-state index contributed by atoms with van der Waals surface area (Å²) in [7, 11) is 0. The van der Waals surface area contributed by atoms with E-state index in [-0.39, 0.29) is 12.5 Å². The zero-order chi connectivity index (χ0) is 14.0. The Balaban J connectivity index is 2.33. The Morgan fingerprint density at radius 2 is 1.89 bits per heavy atom. The second-order valence-corrected chi connectivity index (χ2v) is 6.01. The van der Waals surface area contributed by atoms with Gasteiger partial charge in [0.25, 0.3) is 0 Å². The molecule has 1 aliphatic carbocycles. The highest BCUT2D eigenvalue weighted by molar-refractivity contribution is 9.10. The molecule has 1 saturated carbocycles. The Bertz CT molecular complexity index is 445. The molecule has 2 rings (SSSR count). The molecule has 0 aliphatic heterocycles. The zero-order valence-electron chi connectivity index (χ0n) is 10.4. The van der Waals surface area contributed by atoms with Gasteiger partial charge in [0.15, 0.2) is 0 Å². The molecule has 0 aromatic heterocycles. The monoisotopic (exact) mass is 328 g/mol. The van der Waals surface area contributed by atoms with E-state index < -0.39 is 23.9 Å². The van der Waals surface area contributed by atoms with Gasteiger partial charge in [-0.25, -0.2) is 0 Å². The minimum Gasteiger partial charge on any atom is -0.481 e. The van der Waals surface area contributed by atoms with E-state index in [0.717, 1.165) is 10.0 Å². The SMILES string of the molecule is O=C(O)[C@H]1[C@H](CO)C[C@H](O)C[C@@H]1c1ccc(Br)cc1. The standard InChI is InChI=1S/C14H17BrO4/c15-10-3-1-8(2-4-10)12-6-11(17)5-9(7-16)13(12)14(18)19/h1-4,9,11-13,16-17H,5-7H2,(H,18,19)/t9-,11-,12+,13-/m0/s1. The fraction of sp³-hybridized carbons (Fsp3) is 0.500. The van der Waals surface area contributed by atoms with Crippen molar-refractivity contribution in [2.75, 3.05) is 6.61 Å². The lowest BCUT2D eigenvalue weighted by atomic mass is 9.68. The normalized spacial score (nSPS) is 31.1. The Labute approximate surface area is 120 Å². The predicted molar refractivity (Wildman–Crippen MR) is 73.8 cm³/mol. The van der Waals surface area contributed by atoms with Crippen LogP contribution in [0.4, 0.5) is 0 Å². The number of halogens is 1. The lowest BCUT2D eigenvalue weighted by molar-refractivity contribution is -0.148. The molecule has 0 unspecified atom stereocenters. The van der Waals surface area contributed by atoms with Gasteiger partial charge < -0.3 is 15.3 Å². The molecule has 104 valence electrons. The van der Waals surface area contributed by atoms with E-state index in [9.17, 15) is 20.1 Å². The summed E-state index contributed by atoms with van der Waals surface area (Å²) >= 11 is 3.35. The minimum absolute atomic E-state index is 0.207. The van der Waals surface area contributed by atoms with Crippen molar-refractivity contribution in [2.45, 2.75) is 24.9 Å². The third-order valence-electron chi connectivity index (χ3n) is 3.86. The summed E-state index contributed by atoms with van der Waals surface area (Å²) < 4.78 is 0.929. The molecule has 1 fully saturated rings. The van der Waals surface area contributed by atoms with Crippen molar-refractivity contribution >= 4 is 21.9 Å². The quantitative estimate of drug-likeness (QED) is 0.793. The van der Waals surface area contributed by atoms with Crippen LogP contribution in [0.1, 0.15) is 24.3 Å². The van der Waals surface area contributed by atoms with Gasteiger partial charge >= 0.3 is 5.97 Å². The number of hydrogen-bond acceptors (Lipinski definition) is 3. The molecule has 3 N–H and O–H groups in total. The number of aliphatic carboxylic acids is 1. The number of carbonyl (C=O) groups is 1. The molecule has 1 aromatic rings. The first-order valence-electron chi connectivity index (χ1n) is 6.30. The van der Waals surface area contributed by atoms with Crippen molar-refractivity contribution in [2.24, 2.45) is 11.8 Å². The Morgan fingerprint density at radius 1 is 1.26 bits per heavy atom. The fourth-order valence-electron chi connectivity index (χ4n) is 2.98. The third kappa shape index (κ3) is 3.16. The highest BCUT2D eigenvalue weighted by atomic mass is 79.9. The Morgan fingerprint density at radius 3 is 2.42 bits per heavy atom. The molecule has 19 heavy (non-hydrogen) atoms. The van der Waals surface area contributed by atoms with Gasteiger partial charge in [-0.3, -0.25) is 4.79 Å². The number of carboxylic acid groups (broad SMARTS) is 1. The van der Waals surface area contributed by atoms with Gasteiger partial charge in [-0.05, 0) is 42.4 Å². The maximum absolute atomic E-state index is 11.5. The summed E-state index contributed by atoms with van der Waals surface area (Å²) in [6, 6.07) is 7.47. The Hall–Kier alpha value is -0.910. The van der Waals surface area contributed by atoms with Crippen LogP contribution in [0.5, 0.6) is 0 Å². The number of hydrogen-bond donors (Lipinski definition) is 3. The Kier molecular flexibility index (Phi) is 4.60. The van der Waals surface area contributed by atoms with Crippen LogP contribution in [0.2, 0.25) is 0 Å². The first-order valence-corrected chi connectivity index (χ1v) is 7.09. The zero-order valence-corrected chi connectivity index (χ0v) is 12.0. The number of carboxylic acids is 1. The van der Waals surface area contributed by atoms with Crippen molar-refractivity contribution in [1.82, 2.24) is 0 Å². The molecule has 0 amide bonds. The number of aliphatic hydroxyl groups excluding tert-OH is 2. The van der Waals surface area contributed by atoms with Crippen LogP contribution in [0.15, 0.2) is 28.7 Å². The van der Waals surface area contributed by atoms with Crippen molar-refractivity contribution in [3.05, 3.63) is 34.3 Å². The molecule has 4 nitrogen and oxygen atoms in total. The largest absolute Gasteiger partial charge is 0.481 e. The van der Waals surface area contributed by atoms with Crippen LogP contribution >= 0.6 is 15.9 Å². The average molecular weight is 329 g/mol. The van der Waals surface area contributed by atoms with Gasteiger partial charge in [0, 0.05) is 11.1 Å². The molecule has 0 radical (unpaired) electrons. The molecule has 1 aliphatic rings. The topological polar surface area (TPSA) is 77.8 Å². The molecule has 0 spiro atoms. The minimum atomic E-state index is -0.904. The second kappa shape index (κ2) is 6.03. The van der Waals surface area contributed by atoms with E-state index in [2.05, 4.69) is 15.9 Å². The second-order valence-electron chi connectivity index (χ2n) is 5.09. The van der Waals surface area contributed by atoms with Crippen molar-refractivity contribution in [1.29, 1.82) is 0 Å². The summed E-state index contributed by atoms with van der Waals surface area (Å²) in [6.45, 7) is -0.207. The molecular formula is C14H17BrO4. The van der Waals surface area contributed by atoms with E-state index in [1.165, 1.54) is 0 Å².